The molecule has 1 N–H and O–H groups in total. The van der Waals surface area contributed by atoms with Gasteiger partial charge < -0.3 is 18.9 Å². The molecular formula is C21H22N2O5S. The van der Waals surface area contributed by atoms with Crippen LogP contribution in [0.5, 0.6) is 23.0 Å². The third-order valence-electron chi connectivity index (χ3n) is 4.11. The monoisotopic (exact) mass is 414 g/mol. The Morgan fingerprint density at radius 2 is 1.69 bits per heavy atom. The van der Waals surface area contributed by atoms with Gasteiger partial charge in [0, 0.05) is 16.5 Å². The summed E-state index contributed by atoms with van der Waals surface area (Å²) in [4.78, 5) is 17.2. The van der Waals surface area contributed by atoms with Gasteiger partial charge in [-0.05, 0) is 43.3 Å². The second-order valence-electron chi connectivity index (χ2n) is 5.86. The Morgan fingerprint density at radius 1 is 1.03 bits per heavy atom. The second-order valence-corrected chi connectivity index (χ2v) is 6.72. The van der Waals surface area contributed by atoms with E-state index in [0.29, 0.717) is 34.6 Å². The van der Waals surface area contributed by atoms with Crippen LogP contribution in [0.3, 0.4) is 0 Å². The maximum Gasteiger partial charge on any atom is 0.257 e. The van der Waals surface area contributed by atoms with Crippen molar-refractivity contribution in [1.82, 2.24) is 4.98 Å². The Labute approximate surface area is 173 Å². The van der Waals surface area contributed by atoms with Crippen molar-refractivity contribution in [3.63, 3.8) is 0 Å². The zero-order chi connectivity index (χ0) is 20.8. The molecule has 0 fully saturated rings. The average molecular weight is 414 g/mol. The van der Waals surface area contributed by atoms with Crippen LogP contribution in [0, 0.1) is 0 Å². The topological polar surface area (TPSA) is 78.9 Å². The molecule has 0 aliphatic rings. The van der Waals surface area contributed by atoms with E-state index in [1.54, 1.807) is 12.1 Å². The highest BCUT2D eigenvalue weighted by molar-refractivity contribution is 7.14. The van der Waals surface area contributed by atoms with Gasteiger partial charge >= 0.3 is 0 Å². The lowest BCUT2D eigenvalue weighted by molar-refractivity contribution is 0.102. The van der Waals surface area contributed by atoms with Crippen LogP contribution in [0.15, 0.2) is 41.8 Å². The number of hydrogen-bond acceptors (Lipinski definition) is 7. The molecule has 0 saturated heterocycles. The van der Waals surface area contributed by atoms with Crippen LogP contribution < -0.4 is 24.3 Å². The fourth-order valence-electron chi connectivity index (χ4n) is 2.73. The Hall–Kier alpha value is -3.26. The Morgan fingerprint density at radius 3 is 2.24 bits per heavy atom. The first-order valence-electron chi connectivity index (χ1n) is 8.89. The van der Waals surface area contributed by atoms with E-state index in [9.17, 15) is 4.79 Å². The van der Waals surface area contributed by atoms with E-state index < -0.39 is 0 Å². The molecule has 7 nitrogen and oxygen atoms in total. The Balaban J connectivity index is 1.78. The SMILES string of the molecule is CCOc1ccc(-c2csc(NC(=O)c3cc(OC)c(OC)c(OC)c3)n2)cc1. The molecular weight excluding hydrogens is 392 g/mol. The van der Waals surface area contributed by atoms with Crippen molar-refractivity contribution in [2.24, 2.45) is 0 Å². The minimum Gasteiger partial charge on any atom is -0.494 e. The van der Waals surface area contributed by atoms with Crippen LogP contribution in [0.4, 0.5) is 5.13 Å². The van der Waals surface area contributed by atoms with Crippen molar-refractivity contribution >= 4 is 22.4 Å². The first kappa shape index (κ1) is 20.5. The molecule has 2 aromatic carbocycles. The number of benzene rings is 2. The zero-order valence-electron chi connectivity index (χ0n) is 16.6. The lowest BCUT2D eigenvalue weighted by atomic mass is 10.1. The van der Waals surface area contributed by atoms with Gasteiger partial charge in [-0.1, -0.05) is 0 Å². The highest BCUT2D eigenvalue weighted by atomic mass is 32.1. The van der Waals surface area contributed by atoms with Crippen molar-refractivity contribution in [1.29, 1.82) is 0 Å². The highest BCUT2D eigenvalue weighted by Gasteiger charge is 2.18. The van der Waals surface area contributed by atoms with Crippen LogP contribution in [0.25, 0.3) is 11.3 Å². The van der Waals surface area contributed by atoms with E-state index in [1.165, 1.54) is 32.7 Å². The summed E-state index contributed by atoms with van der Waals surface area (Å²) < 4.78 is 21.3. The number of amides is 1. The van der Waals surface area contributed by atoms with Gasteiger partial charge in [0.05, 0.1) is 33.6 Å². The van der Waals surface area contributed by atoms with Crippen LogP contribution >= 0.6 is 11.3 Å². The van der Waals surface area contributed by atoms with Crippen molar-refractivity contribution in [2.75, 3.05) is 33.3 Å². The maximum absolute atomic E-state index is 12.7. The molecule has 152 valence electrons. The minimum atomic E-state index is -0.322. The van der Waals surface area contributed by atoms with E-state index in [-0.39, 0.29) is 5.91 Å². The van der Waals surface area contributed by atoms with Gasteiger partial charge in [0.15, 0.2) is 16.6 Å². The van der Waals surface area contributed by atoms with Crippen LogP contribution in [-0.2, 0) is 0 Å². The predicted molar refractivity (Wildman–Crippen MR) is 113 cm³/mol. The van der Waals surface area contributed by atoms with Crippen molar-refractivity contribution in [3.8, 4) is 34.3 Å². The van der Waals surface area contributed by atoms with Gasteiger partial charge in [-0.2, -0.15) is 0 Å². The summed E-state index contributed by atoms with van der Waals surface area (Å²) >= 11 is 1.35. The second kappa shape index (κ2) is 9.29. The zero-order valence-corrected chi connectivity index (χ0v) is 17.5. The number of rotatable bonds is 8. The molecule has 1 aromatic heterocycles. The van der Waals surface area contributed by atoms with E-state index in [0.717, 1.165) is 17.0 Å². The molecule has 0 saturated carbocycles. The van der Waals surface area contributed by atoms with Gasteiger partial charge in [0.25, 0.3) is 5.91 Å². The lowest BCUT2D eigenvalue weighted by Crippen LogP contribution is -2.12. The molecule has 3 aromatic rings. The highest BCUT2D eigenvalue weighted by Crippen LogP contribution is 2.38. The summed E-state index contributed by atoms with van der Waals surface area (Å²) in [6.45, 7) is 2.56. The van der Waals surface area contributed by atoms with E-state index in [1.807, 2.05) is 36.6 Å². The van der Waals surface area contributed by atoms with Gasteiger partial charge in [0.1, 0.15) is 5.75 Å². The van der Waals surface area contributed by atoms with Crippen LogP contribution in [-0.4, -0.2) is 38.8 Å². The van der Waals surface area contributed by atoms with Gasteiger partial charge in [0.2, 0.25) is 5.75 Å². The number of carbonyl (C=O) groups is 1. The van der Waals surface area contributed by atoms with E-state index in [4.69, 9.17) is 18.9 Å². The number of nitrogens with zero attached hydrogens (tertiary/aromatic N) is 1. The van der Waals surface area contributed by atoms with Crippen molar-refractivity contribution in [3.05, 3.63) is 47.3 Å². The molecule has 1 heterocycles. The lowest BCUT2D eigenvalue weighted by Gasteiger charge is -2.13. The fraction of sp³-hybridized carbons (Fsp3) is 0.238. The summed E-state index contributed by atoms with van der Waals surface area (Å²) in [6, 6.07) is 10.9. The number of nitrogens with one attached hydrogen (secondary N) is 1. The minimum absolute atomic E-state index is 0.322. The molecule has 0 spiro atoms. The van der Waals surface area contributed by atoms with Gasteiger partial charge in [-0.3, -0.25) is 10.1 Å². The van der Waals surface area contributed by atoms with E-state index >= 15 is 0 Å². The maximum atomic E-state index is 12.7. The van der Waals surface area contributed by atoms with Gasteiger partial charge in [-0.25, -0.2) is 4.98 Å². The molecule has 0 radical (unpaired) electrons. The van der Waals surface area contributed by atoms with Crippen molar-refractivity contribution in [2.45, 2.75) is 6.92 Å². The summed E-state index contributed by atoms with van der Waals surface area (Å²) in [6.07, 6.45) is 0. The molecule has 29 heavy (non-hydrogen) atoms. The standard InChI is InChI=1S/C21H22N2O5S/c1-5-28-15-8-6-13(7-9-15)16-12-29-21(22-16)23-20(24)14-10-17(25-2)19(27-4)18(11-14)26-3/h6-12H,5H2,1-4H3,(H,22,23,24). The quantitative estimate of drug-likeness (QED) is 0.585. The molecule has 0 atom stereocenters. The molecule has 0 aliphatic carbocycles. The van der Waals surface area contributed by atoms with Crippen LogP contribution in [0.2, 0.25) is 0 Å². The molecule has 1 amide bonds. The number of carbonyl (C=O) groups excluding carboxylic acids is 1. The average Bonchev–Trinajstić information content (AvgIpc) is 3.21. The van der Waals surface area contributed by atoms with Gasteiger partial charge in [-0.15, -0.1) is 11.3 Å². The summed E-state index contributed by atoms with van der Waals surface area (Å²) in [5.74, 6) is 1.73. The Bertz CT molecular complexity index is 960. The van der Waals surface area contributed by atoms with Crippen molar-refractivity contribution < 1.29 is 23.7 Å². The first-order valence-corrected chi connectivity index (χ1v) is 9.77. The predicted octanol–water partition coefficient (Wildman–Crippen LogP) is 4.49. The molecule has 0 unspecified atom stereocenters. The third-order valence-corrected chi connectivity index (χ3v) is 4.87. The number of hydrogen-bond donors (Lipinski definition) is 1. The summed E-state index contributed by atoms with van der Waals surface area (Å²) in [5, 5.41) is 5.19. The number of thiazole rings is 1. The van der Waals surface area contributed by atoms with Crippen LogP contribution in [0.1, 0.15) is 17.3 Å². The fourth-order valence-corrected chi connectivity index (χ4v) is 3.45. The third kappa shape index (κ3) is 4.60. The number of anilines is 1. The number of methoxy groups -OCH3 is 3. The smallest absolute Gasteiger partial charge is 0.257 e. The number of aromatic nitrogens is 1. The normalized spacial score (nSPS) is 10.3. The molecule has 8 heteroatoms. The molecule has 0 aliphatic heterocycles. The largest absolute Gasteiger partial charge is 0.494 e. The first-order chi connectivity index (χ1) is 14.1. The van der Waals surface area contributed by atoms with E-state index in [2.05, 4.69) is 10.3 Å². The Kier molecular flexibility index (Phi) is 6.56. The molecule has 0 bridgehead atoms. The number of ether oxygens (including phenoxy) is 4. The molecule has 3 rings (SSSR count). The summed E-state index contributed by atoms with van der Waals surface area (Å²) in [7, 11) is 4.52. The summed E-state index contributed by atoms with van der Waals surface area (Å²) in [5.41, 5.74) is 2.09.